The van der Waals surface area contributed by atoms with Crippen molar-refractivity contribution in [3.05, 3.63) is 12.7 Å². The molecular formula is C11H22. The third kappa shape index (κ3) is 4.23. The molecule has 2 atom stereocenters. The summed E-state index contributed by atoms with van der Waals surface area (Å²) in [4.78, 5) is 0. The summed E-state index contributed by atoms with van der Waals surface area (Å²) in [5.74, 6) is 2.34. The highest BCUT2D eigenvalue weighted by Crippen LogP contribution is 2.23. The van der Waals surface area contributed by atoms with E-state index >= 15 is 0 Å². The van der Waals surface area contributed by atoms with Crippen molar-refractivity contribution in [2.75, 3.05) is 0 Å². The first kappa shape index (κ1) is 10.7. The fourth-order valence-corrected chi connectivity index (χ4v) is 1.55. The molecule has 0 nitrogen and oxygen atoms in total. The Labute approximate surface area is 71.7 Å². The molecule has 0 aromatic heterocycles. The van der Waals surface area contributed by atoms with Gasteiger partial charge in [0.2, 0.25) is 0 Å². The molecule has 11 heavy (non-hydrogen) atoms. The van der Waals surface area contributed by atoms with Gasteiger partial charge in [-0.25, -0.2) is 0 Å². The molecule has 0 aliphatic heterocycles. The lowest BCUT2D eigenvalue weighted by molar-refractivity contribution is 0.332. The van der Waals surface area contributed by atoms with E-state index in [1.807, 2.05) is 0 Å². The molecular weight excluding hydrogens is 132 g/mol. The van der Waals surface area contributed by atoms with Crippen LogP contribution in [0.4, 0.5) is 0 Å². The molecule has 0 fully saturated rings. The van der Waals surface area contributed by atoms with Crippen LogP contribution < -0.4 is 0 Å². The van der Waals surface area contributed by atoms with E-state index in [1.165, 1.54) is 12.8 Å². The van der Waals surface area contributed by atoms with Gasteiger partial charge in [-0.3, -0.25) is 0 Å². The topological polar surface area (TPSA) is 0 Å². The fourth-order valence-electron chi connectivity index (χ4n) is 1.55. The van der Waals surface area contributed by atoms with Crippen LogP contribution in [0.15, 0.2) is 12.7 Å². The Morgan fingerprint density at radius 2 is 1.82 bits per heavy atom. The van der Waals surface area contributed by atoms with Crippen LogP contribution in [-0.4, -0.2) is 0 Å². The van der Waals surface area contributed by atoms with Crippen LogP contribution in [0.2, 0.25) is 0 Å². The van der Waals surface area contributed by atoms with Gasteiger partial charge in [-0.05, 0) is 24.2 Å². The third-order valence-electron chi connectivity index (χ3n) is 2.41. The Balaban J connectivity index is 3.83. The molecule has 0 spiro atoms. The molecule has 0 rings (SSSR count). The van der Waals surface area contributed by atoms with Crippen LogP contribution in [0.25, 0.3) is 0 Å². The molecule has 0 heteroatoms. The molecule has 0 aromatic carbocycles. The molecule has 0 aliphatic rings. The first-order valence-electron chi connectivity index (χ1n) is 4.74. The molecule has 66 valence electrons. The van der Waals surface area contributed by atoms with Crippen LogP contribution in [0.5, 0.6) is 0 Å². The number of hydrogen-bond donors (Lipinski definition) is 0. The van der Waals surface area contributed by atoms with E-state index in [-0.39, 0.29) is 0 Å². The van der Waals surface area contributed by atoms with Crippen LogP contribution in [0.1, 0.15) is 40.5 Å². The number of hydrogen-bond acceptors (Lipinski definition) is 0. The van der Waals surface area contributed by atoms with Gasteiger partial charge in [0.05, 0.1) is 0 Å². The summed E-state index contributed by atoms with van der Waals surface area (Å²) in [6, 6.07) is 0. The Kier molecular flexibility index (Phi) is 5.27. The van der Waals surface area contributed by atoms with Gasteiger partial charge in [0.15, 0.2) is 0 Å². The van der Waals surface area contributed by atoms with Crippen molar-refractivity contribution in [3.63, 3.8) is 0 Å². The summed E-state index contributed by atoms with van der Waals surface area (Å²) in [5, 5.41) is 0. The molecule has 0 amide bonds. The predicted molar refractivity (Wildman–Crippen MR) is 52.6 cm³/mol. The molecule has 2 unspecified atom stereocenters. The Morgan fingerprint density at radius 1 is 1.27 bits per heavy atom. The van der Waals surface area contributed by atoms with Crippen molar-refractivity contribution in [3.8, 4) is 0 Å². The van der Waals surface area contributed by atoms with Gasteiger partial charge < -0.3 is 0 Å². The highest BCUT2D eigenvalue weighted by atomic mass is 14.2. The zero-order valence-electron chi connectivity index (χ0n) is 8.43. The van der Waals surface area contributed by atoms with Gasteiger partial charge in [0.1, 0.15) is 0 Å². The summed E-state index contributed by atoms with van der Waals surface area (Å²) in [7, 11) is 0. The fraction of sp³-hybridized carbons (Fsp3) is 0.818. The maximum Gasteiger partial charge on any atom is -0.0236 e. The van der Waals surface area contributed by atoms with Gasteiger partial charge >= 0.3 is 0 Å². The Hall–Kier alpha value is -0.260. The quantitative estimate of drug-likeness (QED) is 0.527. The average molecular weight is 154 g/mol. The second kappa shape index (κ2) is 5.40. The lowest BCUT2D eigenvalue weighted by atomic mass is 9.85. The maximum absolute atomic E-state index is 3.84. The van der Waals surface area contributed by atoms with Gasteiger partial charge in [0, 0.05) is 0 Å². The van der Waals surface area contributed by atoms with Crippen LogP contribution in [-0.2, 0) is 0 Å². The number of allylic oxidation sites excluding steroid dienone is 1. The smallest absolute Gasteiger partial charge is 0.0236 e. The number of rotatable bonds is 5. The molecule has 0 saturated carbocycles. The van der Waals surface area contributed by atoms with E-state index in [1.54, 1.807) is 0 Å². The van der Waals surface area contributed by atoms with Crippen LogP contribution >= 0.6 is 0 Å². The van der Waals surface area contributed by atoms with Crippen molar-refractivity contribution in [1.82, 2.24) is 0 Å². The van der Waals surface area contributed by atoms with E-state index in [9.17, 15) is 0 Å². The summed E-state index contributed by atoms with van der Waals surface area (Å²) < 4.78 is 0. The molecule has 0 bridgehead atoms. The van der Waals surface area contributed by atoms with E-state index in [2.05, 4.69) is 40.3 Å². The first-order chi connectivity index (χ1) is 5.11. The first-order valence-corrected chi connectivity index (χ1v) is 4.74. The van der Waals surface area contributed by atoms with Crippen molar-refractivity contribution in [2.24, 2.45) is 17.8 Å². The van der Waals surface area contributed by atoms with Crippen molar-refractivity contribution in [1.29, 1.82) is 0 Å². The van der Waals surface area contributed by atoms with E-state index in [0.29, 0.717) is 5.92 Å². The van der Waals surface area contributed by atoms with Gasteiger partial charge in [-0.2, -0.15) is 0 Å². The van der Waals surface area contributed by atoms with Crippen molar-refractivity contribution >= 4 is 0 Å². The second-order valence-electron chi connectivity index (χ2n) is 3.89. The lowest BCUT2D eigenvalue weighted by Gasteiger charge is -2.21. The highest BCUT2D eigenvalue weighted by Gasteiger charge is 2.13. The normalized spacial score (nSPS) is 16.5. The Morgan fingerprint density at radius 3 is 2.09 bits per heavy atom. The van der Waals surface area contributed by atoms with Crippen LogP contribution in [0.3, 0.4) is 0 Å². The third-order valence-corrected chi connectivity index (χ3v) is 2.41. The largest absolute Gasteiger partial charge is 0.103 e. The zero-order chi connectivity index (χ0) is 8.85. The summed E-state index contributed by atoms with van der Waals surface area (Å²) in [6.07, 6.45) is 4.70. The summed E-state index contributed by atoms with van der Waals surface area (Å²) in [5.41, 5.74) is 0. The molecule has 0 saturated heterocycles. The van der Waals surface area contributed by atoms with Crippen molar-refractivity contribution < 1.29 is 0 Å². The highest BCUT2D eigenvalue weighted by molar-refractivity contribution is 4.81. The molecule has 0 radical (unpaired) electrons. The SMILES string of the molecule is C=CC(C)C(CC)CC(C)C. The zero-order valence-corrected chi connectivity index (χ0v) is 8.43. The lowest BCUT2D eigenvalue weighted by Crippen LogP contribution is -2.11. The van der Waals surface area contributed by atoms with E-state index in [4.69, 9.17) is 0 Å². The second-order valence-corrected chi connectivity index (χ2v) is 3.89. The minimum absolute atomic E-state index is 0.683. The predicted octanol–water partition coefficient (Wildman–Crippen LogP) is 3.88. The molecule has 0 N–H and O–H groups in total. The Bertz CT molecular complexity index is 103. The van der Waals surface area contributed by atoms with Gasteiger partial charge in [-0.15, -0.1) is 6.58 Å². The maximum atomic E-state index is 3.84. The van der Waals surface area contributed by atoms with E-state index < -0.39 is 0 Å². The average Bonchev–Trinajstić information content (AvgIpc) is 1.98. The molecule has 0 aromatic rings. The minimum atomic E-state index is 0.683. The van der Waals surface area contributed by atoms with E-state index in [0.717, 1.165) is 11.8 Å². The molecule has 0 aliphatic carbocycles. The van der Waals surface area contributed by atoms with Gasteiger partial charge in [0.25, 0.3) is 0 Å². The van der Waals surface area contributed by atoms with Crippen LogP contribution in [0, 0.1) is 17.8 Å². The minimum Gasteiger partial charge on any atom is -0.103 e. The van der Waals surface area contributed by atoms with Gasteiger partial charge in [-0.1, -0.05) is 40.2 Å². The summed E-state index contributed by atoms with van der Waals surface area (Å²) >= 11 is 0. The monoisotopic (exact) mass is 154 g/mol. The standard InChI is InChI=1S/C11H22/c1-6-10(5)11(7-2)8-9(3)4/h6,9-11H,1,7-8H2,2-5H3. The molecule has 0 heterocycles. The summed E-state index contributed by atoms with van der Waals surface area (Å²) in [6.45, 7) is 13.0. The van der Waals surface area contributed by atoms with Crippen molar-refractivity contribution in [2.45, 2.75) is 40.5 Å².